The van der Waals surface area contributed by atoms with Crippen LogP contribution >= 0.6 is 22.7 Å². The quantitative estimate of drug-likeness (QED) is 0.144. The molecule has 0 atom stereocenters. The van der Waals surface area contributed by atoms with E-state index in [0.717, 1.165) is 51.2 Å². The predicted octanol–water partition coefficient (Wildman–Crippen LogP) is 16.8. The van der Waals surface area contributed by atoms with E-state index in [1.807, 2.05) is 22.7 Å². The smallest absolute Gasteiger partial charge is 0.0883 e. The minimum atomic E-state index is 1.10. The molecule has 0 saturated carbocycles. The Kier molecular flexibility index (Phi) is 8.88. The first-order chi connectivity index (χ1) is 29.3. The van der Waals surface area contributed by atoms with Crippen molar-refractivity contribution >= 4 is 114 Å². The third-order valence-corrected chi connectivity index (χ3v) is 13.3. The van der Waals surface area contributed by atoms with Crippen molar-refractivity contribution < 1.29 is 0 Å². The Labute approximate surface area is 351 Å². The molecule has 2 aromatic heterocycles. The molecule has 0 aliphatic heterocycles. The van der Waals surface area contributed by atoms with Crippen molar-refractivity contribution in [2.24, 2.45) is 0 Å². The number of hydrogen-bond acceptors (Lipinski definition) is 5. The summed E-state index contributed by atoms with van der Waals surface area (Å²) in [6, 6.07) is 80.9. The maximum Gasteiger partial charge on any atom is 0.0883 e. The highest BCUT2D eigenvalue weighted by Crippen LogP contribution is 2.53. The fraction of sp³-hybridized carbons (Fsp3) is 0. The summed E-state index contributed by atoms with van der Waals surface area (Å²) in [5.74, 6) is 0. The van der Waals surface area contributed by atoms with Gasteiger partial charge in [-0.15, -0.1) is 22.7 Å². The minimum Gasteiger partial charge on any atom is -0.310 e. The van der Waals surface area contributed by atoms with Crippen LogP contribution < -0.4 is 14.7 Å². The molecular formula is C54H37N3S2. The lowest BCUT2D eigenvalue weighted by molar-refractivity contribution is 1.24. The average Bonchev–Trinajstić information content (AvgIpc) is 3.87. The van der Waals surface area contributed by atoms with Crippen LogP contribution in [0.4, 0.5) is 51.2 Å². The lowest BCUT2D eigenvalue weighted by Gasteiger charge is -2.33. The molecule has 0 bridgehead atoms. The zero-order chi connectivity index (χ0) is 39.1. The second kappa shape index (κ2) is 15.0. The van der Waals surface area contributed by atoms with Gasteiger partial charge in [-0.3, -0.25) is 0 Å². The number of anilines is 9. The van der Waals surface area contributed by atoms with Crippen LogP contribution in [-0.4, -0.2) is 0 Å². The molecule has 0 N–H and O–H groups in total. The molecule has 0 radical (unpaired) electrons. The molecule has 0 spiro atoms. The maximum absolute atomic E-state index is 2.48. The summed E-state index contributed by atoms with van der Waals surface area (Å²) in [4.78, 5) is 7.22. The third-order valence-electron chi connectivity index (χ3n) is 11.0. The van der Waals surface area contributed by atoms with E-state index in [2.05, 4.69) is 239 Å². The van der Waals surface area contributed by atoms with Crippen molar-refractivity contribution in [3.05, 3.63) is 224 Å². The Morgan fingerprint density at radius 1 is 0.254 bits per heavy atom. The van der Waals surface area contributed by atoms with Crippen LogP contribution in [-0.2, 0) is 0 Å². The molecule has 11 aromatic rings. The second-order valence-electron chi connectivity index (χ2n) is 14.6. The summed E-state index contributed by atoms with van der Waals surface area (Å²) in [5.41, 5.74) is 10.1. The van der Waals surface area contributed by atoms with E-state index in [1.54, 1.807) is 0 Å². The Balaban J connectivity index is 1.14. The number of fused-ring (bicyclic) bond motifs is 6. The Morgan fingerprint density at radius 2 is 0.695 bits per heavy atom. The Morgan fingerprint density at radius 3 is 1.29 bits per heavy atom. The molecule has 0 aliphatic rings. The van der Waals surface area contributed by atoms with E-state index in [1.165, 1.54) is 40.3 Å². The van der Waals surface area contributed by atoms with Crippen molar-refractivity contribution in [1.82, 2.24) is 0 Å². The van der Waals surface area contributed by atoms with E-state index in [-0.39, 0.29) is 0 Å². The van der Waals surface area contributed by atoms with Crippen LogP contribution in [0.1, 0.15) is 0 Å². The fourth-order valence-electron chi connectivity index (χ4n) is 8.36. The highest BCUT2D eigenvalue weighted by molar-refractivity contribution is 7.26. The minimum absolute atomic E-state index is 1.10. The van der Waals surface area contributed by atoms with Gasteiger partial charge in [0.1, 0.15) is 0 Å². The van der Waals surface area contributed by atoms with Crippen LogP contribution in [0.15, 0.2) is 224 Å². The number of rotatable bonds is 9. The van der Waals surface area contributed by atoms with Crippen LogP contribution in [0.5, 0.6) is 0 Å². The molecule has 2 heterocycles. The fourth-order valence-corrected chi connectivity index (χ4v) is 10.7. The van der Waals surface area contributed by atoms with E-state index in [4.69, 9.17) is 0 Å². The SMILES string of the molecule is c1ccc(N(c2ccccc2)c2ccc3sc4cc(N(c5ccccc5)c5c(N(c6ccccc6)c6ccccc6)ccc6c5sc5ccccc56)ccc4c3c2)cc1. The molecule has 5 heteroatoms. The highest BCUT2D eigenvalue weighted by atomic mass is 32.1. The molecule has 9 aromatic carbocycles. The first kappa shape index (κ1) is 35.0. The van der Waals surface area contributed by atoms with Crippen molar-refractivity contribution in [3.8, 4) is 0 Å². The van der Waals surface area contributed by atoms with Crippen LogP contribution in [0, 0.1) is 0 Å². The largest absolute Gasteiger partial charge is 0.310 e. The Bertz CT molecular complexity index is 3140. The highest BCUT2D eigenvalue weighted by Gasteiger charge is 2.27. The first-order valence-corrected chi connectivity index (χ1v) is 21.5. The molecule has 280 valence electrons. The van der Waals surface area contributed by atoms with Gasteiger partial charge in [0.25, 0.3) is 0 Å². The average molecular weight is 792 g/mol. The topological polar surface area (TPSA) is 9.72 Å². The summed E-state index contributed by atoms with van der Waals surface area (Å²) in [6.07, 6.45) is 0. The van der Waals surface area contributed by atoms with Gasteiger partial charge in [-0.25, -0.2) is 0 Å². The van der Waals surface area contributed by atoms with Crippen LogP contribution in [0.25, 0.3) is 40.3 Å². The molecule has 3 nitrogen and oxygen atoms in total. The monoisotopic (exact) mass is 791 g/mol. The van der Waals surface area contributed by atoms with Gasteiger partial charge in [0, 0.05) is 75.5 Å². The lowest BCUT2D eigenvalue weighted by atomic mass is 10.1. The number of para-hydroxylation sites is 5. The first-order valence-electron chi connectivity index (χ1n) is 19.8. The van der Waals surface area contributed by atoms with E-state index in [0.29, 0.717) is 0 Å². The molecular weight excluding hydrogens is 755 g/mol. The zero-order valence-corrected chi connectivity index (χ0v) is 33.7. The van der Waals surface area contributed by atoms with E-state index < -0.39 is 0 Å². The predicted molar refractivity (Wildman–Crippen MR) is 256 cm³/mol. The van der Waals surface area contributed by atoms with Crippen molar-refractivity contribution in [1.29, 1.82) is 0 Å². The number of thiophene rings is 2. The molecule has 0 fully saturated rings. The normalized spacial score (nSPS) is 11.4. The van der Waals surface area contributed by atoms with E-state index in [9.17, 15) is 0 Å². The number of benzene rings is 9. The molecule has 0 amide bonds. The molecule has 0 aliphatic carbocycles. The van der Waals surface area contributed by atoms with Gasteiger partial charge in [-0.1, -0.05) is 121 Å². The van der Waals surface area contributed by atoms with Crippen LogP contribution in [0.3, 0.4) is 0 Å². The number of hydrogen-bond donors (Lipinski definition) is 0. The molecule has 59 heavy (non-hydrogen) atoms. The van der Waals surface area contributed by atoms with Gasteiger partial charge in [0.05, 0.1) is 16.1 Å². The summed E-state index contributed by atoms with van der Waals surface area (Å²) in [6.45, 7) is 0. The van der Waals surface area contributed by atoms with Crippen molar-refractivity contribution in [3.63, 3.8) is 0 Å². The van der Waals surface area contributed by atoms with Gasteiger partial charge < -0.3 is 14.7 Å². The van der Waals surface area contributed by atoms with Gasteiger partial charge in [0.2, 0.25) is 0 Å². The summed E-state index contributed by atoms with van der Waals surface area (Å²) in [5, 5.41) is 5.03. The molecule has 0 unspecified atom stereocenters. The summed E-state index contributed by atoms with van der Waals surface area (Å²) >= 11 is 3.72. The maximum atomic E-state index is 2.48. The van der Waals surface area contributed by atoms with Gasteiger partial charge >= 0.3 is 0 Å². The number of nitrogens with zero attached hydrogens (tertiary/aromatic N) is 3. The zero-order valence-electron chi connectivity index (χ0n) is 32.0. The summed E-state index contributed by atoms with van der Waals surface area (Å²) in [7, 11) is 0. The van der Waals surface area contributed by atoms with Gasteiger partial charge in [0.15, 0.2) is 0 Å². The second-order valence-corrected chi connectivity index (χ2v) is 16.7. The van der Waals surface area contributed by atoms with Gasteiger partial charge in [-0.2, -0.15) is 0 Å². The lowest BCUT2D eigenvalue weighted by Crippen LogP contribution is -2.17. The van der Waals surface area contributed by atoms with E-state index >= 15 is 0 Å². The molecule has 0 saturated heterocycles. The third kappa shape index (κ3) is 6.29. The summed E-state index contributed by atoms with van der Waals surface area (Å²) < 4.78 is 5.03. The standard InChI is InChI=1S/C54H37N3S2/c1-6-18-38(19-7-1)55(39-20-8-2-9-21-39)43-31-35-51-48(36-43)46-32-30-44(37-52(46)58-51)57(42-26-14-5-15-27-42)53-49(34-33-47-45-28-16-17-29-50(45)59-54(47)53)56(40-22-10-3-11-23-40)41-24-12-4-13-25-41/h1-37H. The Hall–Kier alpha value is -7.18. The van der Waals surface area contributed by atoms with Crippen LogP contribution in [0.2, 0.25) is 0 Å². The molecule has 11 rings (SSSR count). The van der Waals surface area contributed by atoms with Crippen molar-refractivity contribution in [2.45, 2.75) is 0 Å². The van der Waals surface area contributed by atoms with Gasteiger partial charge in [-0.05, 0) is 103 Å². The van der Waals surface area contributed by atoms with Crippen molar-refractivity contribution in [2.75, 3.05) is 14.7 Å².